The number of benzene rings is 1. The van der Waals surface area contributed by atoms with Gasteiger partial charge in [0.2, 0.25) is 0 Å². The van der Waals surface area contributed by atoms with Crippen LogP contribution in [0.3, 0.4) is 0 Å². The zero-order valence-corrected chi connectivity index (χ0v) is 12.8. The van der Waals surface area contributed by atoms with Crippen molar-refractivity contribution in [3.05, 3.63) is 40.7 Å². The zero-order valence-electron chi connectivity index (χ0n) is 12.0. The van der Waals surface area contributed by atoms with Gasteiger partial charge in [0.15, 0.2) is 5.82 Å². The number of ether oxygens (including phenoxy) is 2. The molecule has 2 rings (SSSR count). The second kappa shape index (κ2) is 6.54. The van der Waals surface area contributed by atoms with Gasteiger partial charge in [-0.1, -0.05) is 11.6 Å². The number of esters is 1. The number of hydrogen-bond acceptors (Lipinski definition) is 5. The molecule has 2 aromatic rings. The normalized spacial score (nSPS) is 10.3. The van der Waals surface area contributed by atoms with E-state index in [1.807, 2.05) is 0 Å². The first-order chi connectivity index (χ1) is 10.1. The van der Waals surface area contributed by atoms with Crippen molar-refractivity contribution in [3.63, 3.8) is 0 Å². The minimum Gasteiger partial charge on any atom is -0.496 e. The van der Waals surface area contributed by atoms with Gasteiger partial charge in [-0.3, -0.25) is 0 Å². The molecule has 0 spiro atoms. The molecule has 0 saturated carbocycles. The Bertz CT molecular complexity index is 674. The van der Waals surface area contributed by atoms with E-state index in [1.165, 1.54) is 6.20 Å². The summed E-state index contributed by atoms with van der Waals surface area (Å²) >= 11 is 5.93. The monoisotopic (exact) mass is 306 g/mol. The van der Waals surface area contributed by atoms with Crippen molar-refractivity contribution in [2.24, 2.45) is 0 Å². The first-order valence-corrected chi connectivity index (χ1v) is 6.79. The quantitative estimate of drug-likeness (QED) is 0.811. The molecule has 6 heteroatoms. The summed E-state index contributed by atoms with van der Waals surface area (Å²) in [5.41, 5.74) is 1.62. The highest BCUT2D eigenvalue weighted by Crippen LogP contribution is 2.30. The van der Waals surface area contributed by atoms with Gasteiger partial charge in [0.25, 0.3) is 0 Å². The Kier molecular flexibility index (Phi) is 4.75. The van der Waals surface area contributed by atoms with Crippen molar-refractivity contribution in [2.45, 2.75) is 13.8 Å². The number of aryl methyl sites for hydroxylation is 1. The Morgan fingerprint density at radius 3 is 2.76 bits per heavy atom. The molecule has 0 aliphatic rings. The molecule has 0 N–H and O–H groups in total. The van der Waals surface area contributed by atoms with Crippen LogP contribution in [0.1, 0.15) is 23.0 Å². The van der Waals surface area contributed by atoms with Crippen LogP contribution in [0.15, 0.2) is 24.4 Å². The van der Waals surface area contributed by atoms with Crippen molar-refractivity contribution in [1.29, 1.82) is 0 Å². The number of hydrogen-bond donors (Lipinski definition) is 0. The predicted octanol–water partition coefficient (Wildman–Crippen LogP) is 3.29. The van der Waals surface area contributed by atoms with Gasteiger partial charge in [-0.25, -0.2) is 14.8 Å². The van der Waals surface area contributed by atoms with Gasteiger partial charge in [-0.15, -0.1) is 0 Å². The zero-order chi connectivity index (χ0) is 15.4. The lowest BCUT2D eigenvalue weighted by atomic mass is 10.1. The third kappa shape index (κ3) is 3.31. The van der Waals surface area contributed by atoms with Crippen LogP contribution in [0, 0.1) is 6.92 Å². The number of carbonyl (C=O) groups is 1. The lowest BCUT2D eigenvalue weighted by molar-refractivity contribution is 0.0524. The van der Waals surface area contributed by atoms with Crippen LogP contribution < -0.4 is 4.74 Å². The number of carbonyl (C=O) groups excluding carboxylic acids is 1. The van der Waals surface area contributed by atoms with Crippen LogP contribution in [0.25, 0.3) is 11.4 Å². The van der Waals surface area contributed by atoms with Gasteiger partial charge in [0.1, 0.15) is 5.75 Å². The molecule has 0 atom stereocenters. The van der Waals surface area contributed by atoms with Gasteiger partial charge in [0.05, 0.1) is 30.5 Å². The molecule has 0 amide bonds. The Hall–Kier alpha value is -2.14. The number of aromatic nitrogens is 2. The summed E-state index contributed by atoms with van der Waals surface area (Å²) < 4.78 is 10.2. The van der Waals surface area contributed by atoms with Gasteiger partial charge in [-0.2, -0.15) is 0 Å². The van der Waals surface area contributed by atoms with Crippen molar-refractivity contribution < 1.29 is 14.3 Å². The average Bonchev–Trinajstić information content (AvgIpc) is 2.47. The number of nitrogens with zero attached hydrogens (tertiary/aromatic N) is 2. The van der Waals surface area contributed by atoms with E-state index < -0.39 is 5.97 Å². The van der Waals surface area contributed by atoms with E-state index in [1.54, 1.807) is 39.2 Å². The topological polar surface area (TPSA) is 61.3 Å². The van der Waals surface area contributed by atoms with Crippen LogP contribution in [0.5, 0.6) is 5.75 Å². The lowest BCUT2D eigenvalue weighted by Crippen LogP contribution is -2.09. The van der Waals surface area contributed by atoms with E-state index in [2.05, 4.69) is 9.97 Å². The van der Waals surface area contributed by atoms with E-state index in [4.69, 9.17) is 21.1 Å². The maximum atomic E-state index is 11.7. The van der Waals surface area contributed by atoms with Crippen LogP contribution in [-0.2, 0) is 4.74 Å². The molecule has 0 bridgehead atoms. The molecule has 1 aromatic carbocycles. The standard InChI is InChI=1S/C15H15ClN2O3/c1-4-21-15(19)12-8-17-14(18-9(12)2)11-6-5-10(16)7-13(11)20-3/h5-8H,4H2,1-3H3. The van der Waals surface area contributed by atoms with Gasteiger partial charge >= 0.3 is 5.97 Å². The maximum absolute atomic E-state index is 11.7. The minimum atomic E-state index is -0.426. The van der Waals surface area contributed by atoms with Crippen LogP contribution in [0.2, 0.25) is 5.02 Å². The number of halogens is 1. The molecular weight excluding hydrogens is 292 g/mol. The summed E-state index contributed by atoms with van der Waals surface area (Å²) in [6.45, 7) is 3.80. The number of methoxy groups -OCH3 is 1. The molecule has 0 saturated heterocycles. The van der Waals surface area contributed by atoms with E-state index in [0.29, 0.717) is 40.0 Å². The van der Waals surface area contributed by atoms with Crippen LogP contribution >= 0.6 is 11.6 Å². The Labute approximate surface area is 127 Å². The minimum absolute atomic E-state index is 0.311. The highest BCUT2D eigenvalue weighted by Gasteiger charge is 2.15. The summed E-state index contributed by atoms with van der Waals surface area (Å²) in [5, 5.41) is 0.565. The van der Waals surface area contributed by atoms with E-state index in [0.717, 1.165) is 0 Å². The second-order valence-electron chi connectivity index (χ2n) is 4.26. The van der Waals surface area contributed by atoms with E-state index >= 15 is 0 Å². The second-order valence-corrected chi connectivity index (χ2v) is 4.69. The number of rotatable bonds is 4. The van der Waals surface area contributed by atoms with E-state index in [9.17, 15) is 4.79 Å². The molecule has 0 radical (unpaired) electrons. The van der Waals surface area contributed by atoms with Crippen molar-refractivity contribution in [3.8, 4) is 17.1 Å². The van der Waals surface area contributed by atoms with E-state index in [-0.39, 0.29) is 0 Å². The summed E-state index contributed by atoms with van der Waals surface area (Å²) in [4.78, 5) is 20.3. The predicted molar refractivity (Wildman–Crippen MR) is 79.7 cm³/mol. The molecule has 1 heterocycles. The SMILES string of the molecule is CCOC(=O)c1cnc(-c2ccc(Cl)cc2OC)nc1C. The molecule has 0 aliphatic carbocycles. The first kappa shape index (κ1) is 15.3. The molecule has 21 heavy (non-hydrogen) atoms. The molecule has 0 fully saturated rings. The summed E-state index contributed by atoms with van der Waals surface area (Å²) in [5.74, 6) is 0.615. The van der Waals surface area contributed by atoms with Crippen molar-refractivity contribution >= 4 is 17.6 Å². The first-order valence-electron chi connectivity index (χ1n) is 6.41. The molecule has 5 nitrogen and oxygen atoms in total. The Morgan fingerprint density at radius 1 is 1.38 bits per heavy atom. The van der Waals surface area contributed by atoms with Gasteiger partial charge in [0, 0.05) is 11.2 Å². The highest BCUT2D eigenvalue weighted by atomic mass is 35.5. The van der Waals surface area contributed by atoms with Gasteiger partial charge in [-0.05, 0) is 32.0 Å². The maximum Gasteiger partial charge on any atom is 0.341 e. The summed E-state index contributed by atoms with van der Waals surface area (Å²) in [6.07, 6.45) is 1.46. The van der Waals surface area contributed by atoms with Gasteiger partial charge < -0.3 is 9.47 Å². The largest absolute Gasteiger partial charge is 0.496 e. The molecule has 1 aromatic heterocycles. The lowest BCUT2D eigenvalue weighted by Gasteiger charge is -2.10. The fourth-order valence-electron chi connectivity index (χ4n) is 1.86. The summed E-state index contributed by atoms with van der Waals surface area (Å²) in [7, 11) is 1.55. The Morgan fingerprint density at radius 2 is 2.14 bits per heavy atom. The third-order valence-electron chi connectivity index (χ3n) is 2.88. The van der Waals surface area contributed by atoms with Crippen molar-refractivity contribution in [1.82, 2.24) is 9.97 Å². The smallest absolute Gasteiger partial charge is 0.341 e. The van der Waals surface area contributed by atoms with Crippen LogP contribution in [0.4, 0.5) is 0 Å². The van der Waals surface area contributed by atoms with Crippen LogP contribution in [-0.4, -0.2) is 29.7 Å². The summed E-state index contributed by atoms with van der Waals surface area (Å²) in [6, 6.07) is 5.20. The molecule has 110 valence electrons. The fourth-order valence-corrected chi connectivity index (χ4v) is 2.02. The fraction of sp³-hybridized carbons (Fsp3) is 0.267. The highest BCUT2D eigenvalue weighted by molar-refractivity contribution is 6.30. The Balaban J connectivity index is 2.43. The molecule has 0 aliphatic heterocycles. The third-order valence-corrected chi connectivity index (χ3v) is 3.11. The molecule has 0 unspecified atom stereocenters. The molecular formula is C15H15ClN2O3. The average molecular weight is 307 g/mol. The van der Waals surface area contributed by atoms with Crippen molar-refractivity contribution in [2.75, 3.05) is 13.7 Å².